The number of hydrogen-bond donors (Lipinski definition) is 2. The number of aromatic nitrogens is 2. The molecule has 232 valence electrons. The smallest absolute Gasteiger partial charge is 0.410 e. The molecule has 3 saturated heterocycles. The predicted octanol–water partition coefficient (Wildman–Crippen LogP) is 2.60. The molecule has 1 unspecified atom stereocenters. The van der Waals surface area contributed by atoms with E-state index >= 15 is 0 Å². The summed E-state index contributed by atoms with van der Waals surface area (Å²) in [6, 6.07) is 12.1. The fourth-order valence-electron chi connectivity index (χ4n) is 6.44. The van der Waals surface area contributed by atoms with Gasteiger partial charge in [-0.3, -0.25) is 24.4 Å². The van der Waals surface area contributed by atoms with Gasteiger partial charge in [0.1, 0.15) is 18.1 Å². The van der Waals surface area contributed by atoms with E-state index in [1.807, 2.05) is 35.2 Å². The van der Waals surface area contributed by atoms with E-state index < -0.39 is 49.4 Å². The SMILES string of the molecule is O=C(CN1CN(c2ccccc2)C2(CCN(C(=O)c3ccc4[nH]ncc4c3)CC2)C1=O)N1CCN(C(=O)O)C(C(F)(F)F)C1. The van der Waals surface area contributed by atoms with E-state index in [4.69, 9.17) is 0 Å². The van der Waals surface area contributed by atoms with Crippen LogP contribution in [0.1, 0.15) is 23.2 Å². The first-order valence-corrected chi connectivity index (χ1v) is 14.2. The van der Waals surface area contributed by atoms with Gasteiger partial charge < -0.3 is 24.7 Å². The molecule has 44 heavy (non-hydrogen) atoms. The average Bonchev–Trinajstić information content (AvgIpc) is 3.59. The number of carbonyl (C=O) groups excluding carboxylic acids is 3. The van der Waals surface area contributed by atoms with Crippen molar-refractivity contribution in [2.75, 3.05) is 50.8 Å². The minimum atomic E-state index is -4.86. The van der Waals surface area contributed by atoms with Crippen LogP contribution in [0.3, 0.4) is 0 Å². The van der Waals surface area contributed by atoms with Crippen molar-refractivity contribution < 1.29 is 37.5 Å². The number of carbonyl (C=O) groups is 4. The minimum absolute atomic E-state index is 0.0392. The van der Waals surface area contributed by atoms with Crippen LogP contribution in [0.25, 0.3) is 10.9 Å². The highest BCUT2D eigenvalue weighted by molar-refractivity contribution is 5.99. The summed E-state index contributed by atoms with van der Waals surface area (Å²) < 4.78 is 40.9. The Kier molecular flexibility index (Phi) is 7.33. The van der Waals surface area contributed by atoms with Gasteiger partial charge in [0.2, 0.25) is 5.91 Å². The molecule has 12 nitrogen and oxygen atoms in total. The number of piperidine rings is 1. The van der Waals surface area contributed by atoms with Crippen LogP contribution in [-0.4, -0.2) is 122 Å². The number of amides is 4. The number of hydrogen-bond acceptors (Lipinski definition) is 6. The molecule has 3 fully saturated rings. The lowest BCUT2D eigenvalue weighted by atomic mass is 9.85. The number of anilines is 1. The number of alkyl halides is 3. The van der Waals surface area contributed by atoms with Crippen LogP contribution in [0.5, 0.6) is 0 Å². The third-order valence-corrected chi connectivity index (χ3v) is 8.83. The van der Waals surface area contributed by atoms with Crippen LogP contribution in [-0.2, 0) is 9.59 Å². The quantitative estimate of drug-likeness (QED) is 0.462. The number of benzene rings is 2. The fourth-order valence-corrected chi connectivity index (χ4v) is 6.44. The molecule has 1 atom stereocenters. The van der Waals surface area contributed by atoms with Gasteiger partial charge >= 0.3 is 12.3 Å². The fraction of sp³-hybridized carbons (Fsp3) is 0.414. The Bertz CT molecular complexity index is 1590. The number of para-hydroxylation sites is 1. The topological polar surface area (TPSA) is 133 Å². The molecular formula is C29H30F3N7O5. The predicted molar refractivity (Wildman–Crippen MR) is 151 cm³/mol. The third kappa shape index (κ3) is 5.15. The number of likely N-dealkylation sites (tertiary alicyclic amines) is 1. The lowest BCUT2D eigenvalue weighted by Gasteiger charge is -2.43. The van der Waals surface area contributed by atoms with E-state index in [-0.39, 0.29) is 38.1 Å². The van der Waals surface area contributed by atoms with Gasteiger partial charge in [-0.05, 0) is 43.2 Å². The molecule has 0 bridgehead atoms. The Balaban J connectivity index is 1.19. The minimum Gasteiger partial charge on any atom is -0.465 e. The summed E-state index contributed by atoms with van der Waals surface area (Å²) in [6.45, 7) is -1.39. The molecule has 0 saturated carbocycles. The summed E-state index contributed by atoms with van der Waals surface area (Å²) in [5, 5.41) is 16.9. The third-order valence-electron chi connectivity index (χ3n) is 8.83. The van der Waals surface area contributed by atoms with Crippen LogP contribution in [0.2, 0.25) is 0 Å². The van der Waals surface area contributed by atoms with Gasteiger partial charge in [0.25, 0.3) is 11.8 Å². The van der Waals surface area contributed by atoms with Crippen molar-refractivity contribution in [3.05, 3.63) is 60.3 Å². The van der Waals surface area contributed by atoms with Crippen LogP contribution >= 0.6 is 0 Å². The molecule has 4 amide bonds. The zero-order valence-corrected chi connectivity index (χ0v) is 23.5. The van der Waals surface area contributed by atoms with Gasteiger partial charge in [-0.15, -0.1) is 0 Å². The summed E-state index contributed by atoms with van der Waals surface area (Å²) in [6.07, 6.45) is -4.35. The molecule has 6 rings (SSSR count). The van der Waals surface area contributed by atoms with E-state index in [1.54, 1.807) is 29.3 Å². The molecule has 4 heterocycles. The number of H-pyrrole nitrogens is 1. The highest BCUT2D eigenvalue weighted by Crippen LogP contribution is 2.40. The molecule has 0 aliphatic carbocycles. The maximum Gasteiger partial charge on any atom is 0.410 e. The van der Waals surface area contributed by atoms with E-state index in [9.17, 15) is 37.5 Å². The summed E-state index contributed by atoms with van der Waals surface area (Å²) >= 11 is 0. The second-order valence-corrected chi connectivity index (χ2v) is 11.3. The van der Waals surface area contributed by atoms with E-state index in [2.05, 4.69) is 10.2 Å². The molecule has 1 spiro atoms. The first-order valence-electron chi connectivity index (χ1n) is 14.2. The van der Waals surface area contributed by atoms with Crippen LogP contribution in [0, 0.1) is 0 Å². The number of carboxylic acid groups (broad SMARTS) is 1. The van der Waals surface area contributed by atoms with E-state index in [0.717, 1.165) is 21.5 Å². The van der Waals surface area contributed by atoms with E-state index in [1.165, 1.54) is 4.90 Å². The molecule has 3 aliphatic rings. The second kappa shape index (κ2) is 11.0. The Morgan fingerprint density at radius 1 is 1.00 bits per heavy atom. The molecule has 2 N–H and O–H groups in total. The lowest BCUT2D eigenvalue weighted by molar-refractivity contribution is -0.192. The maximum atomic E-state index is 14.0. The molecule has 0 radical (unpaired) electrons. The number of aromatic amines is 1. The first kappa shape index (κ1) is 29.3. The van der Waals surface area contributed by atoms with Gasteiger partial charge in [0.05, 0.1) is 24.9 Å². The van der Waals surface area contributed by atoms with Gasteiger partial charge in [-0.1, -0.05) is 18.2 Å². The van der Waals surface area contributed by atoms with Gasteiger partial charge in [-0.25, -0.2) is 4.79 Å². The number of nitrogens with one attached hydrogen (secondary N) is 1. The van der Waals surface area contributed by atoms with Gasteiger partial charge in [0, 0.05) is 42.8 Å². The first-order chi connectivity index (χ1) is 21.0. The van der Waals surface area contributed by atoms with Crippen molar-refractivity contribution in [1.29, 1.82) is 0 Å². The van der Waals surface area contributed by atoms with Crippen LogP contribution < -0.4 is 4.90 Å². The summed E-state index contributed by atoms with van der Waals surface area (Å²) in [5.41, 5.74) is 0.998. The van der Waals surface area contributed by atoms with E-state index in [0.29, 0.717) is 23.3 Å². The average molecular weight is 614 g/mol. The largest absolute Gasteiger partial charge is 0.465 e. The lowest BCUT2D eigenvalue weighted by Crippen LogP contribution is -2.62. The molecular weight excluding hydrogens is 583 g/mol. The standard InChI is InChI=1S/C29H30F3N7O5/c30-29(31,32)23-16-36(12-13-38(23)27(43)44)24(40)17-37-18-39(21-4-2-1-3-5-21)28(26(37)42)8-10-35(11-9-28)25(41)19-6-7-22-20(14-19)15-33-34-22/h1-7,14-15,23H,8-13,16-18H2,(H,33,34)(H,43,44). The molecule has 15 heteroatoms. The van der Waals surface area contributed by atoms with Gasteiger partial charge in [-0.2, -0.15) is 18.3 Å². The number of nitrogens with zero attached hydrogens (tertiary/aromatic N) is 6. The monoisotopic (exact) mass is 613 g/mol. The Hall–Kier alpha value is -4.82. The van der Waals surface area contributed by atoms with Crippen LogP contribution in [0.4, 0.5) is 23.7 Å². The van der Waals surface area contributed by atoms with Crippen molar-refractivity contribution in [2.45, 2.75) is 30.6 Å². The molecule has 3 aromatic rings. The van der Waals surface area contributed by atoms with Crippen molar-refractivity contribution >= 4 is 40.4 Å². The summed E-state index contributed by atoms with van der Waals surface area (Å²) in [5.74, 6) is -1.20. The Morgan fingerprint density at radius 2 is 1.73 bits per heavy atom. The van der Waals surface area contributed by atoms with Crippen molar-refractivity contribution in [2.24, 2.45) is 0 Å². The van der Waals surface area contributed by atoms with Crippen molar-refractivity contribution in [3.8, 4) is 0 Å². The Labute approximate surface area is 249 Å². The number of piperazine rings is 1. The Morgan fingerprint density at radius 3 is 2.41 bits per heavy atom. The second-order valence-electron chi connectivity index (χ2n) is 11.3. The molecule has 1 aromatic heterocycles. The van der Waals surface area contributed by atoms with Gasteiger partial charge in [0.15, 0.2) is 0 Å². The number of rotatable bonds is 4. The van der Waals surface area contributed by atoms with Crippen molar-refractivity contribution in [1.82, 2.24) is 29.8 Å². The summed E-state index contributed by atoms with van der Waals surface area (Å²) in [4.78, 5) is 58.2. The zero-order chi connectivity index (χ0) is 31.2. The zero-order valence-electron chi connectivity index (χ0n) is 23.5. The number of fused-ring (bicyclic) bond motifs is 1. The molecule has 2 aromatic carbocycles. The number of halogens is 3. The molecule has 3 aliphatic heterocycles. The normalized spacial score (nSPS) is 20.6. The highest BCUT2D eigenvalue weighted by atomic mass is 19.4. The van der Waals surface area contributed by atoms with Crippen molar-refractivity contribution in [3.63, 3.8) is 0 Å². The maximum absolute atomic E-state index is 14.0. The summed E-state index contributed by atoms with van der Waals surface area (Å²) in [7, 11) is 0. The van der Waals surface area contributed by atoms with Crippen LogP contribution in [0.15, 0.2) is 54.7 Å². The highest BCUT2D eigenvalue weighted by Gasteiger charge is 2.55.